The molecular formula is C30H36F2N6O4S2. The molecule has 0 amide bonds. The number of fused-ring (bicyclic) bond motifs is 2. The van der Waals surface area contributed by atoms with Crippen molar-refractivity contribution >= 4 is 41.6 Å². The van der Waals surface area contributed by atoms with E-state index in [9.17, 15) is 25.6 Å². The van der Waals surface area contributed by atoms with Gasteiger partial charge in [0.2, 0.25) is 20.0 Å². The molecule has 2 fully saturated rings. The molecule has 44 heavy (non-hydrogen) atoms. The summed E-state index contributed by atoms with van der Waals surface area (Å²) in [6, 6.07) is 9.15. The molecule has 4 aromatic rings. The van der Waals surface area contributed by atoms with Crippen molar-refractivity contribution in [2.24, 2.45) is 0 Å². The lowest BCUT2D eigenvalue weighted by Gasteiger charge is -2.26. The van der Waals surface area contributed by atoms with E-state index in [0.29, 0.717) is 37.0 Å². The predicted molar refractivity (Wildman–Crippen MR) is 165 cm³/mol. The van der Waals surface area contributed by atoms with Gasteiger partial charge in [-0.3, -0.25) is 9.97 Å². The lowest BCUT2D eigenvalue weighted by molar-refractivity contribution is 0.353. The van der Waals surface area contributed by atoms with Crippen LogP contribution in [0.2, 0.25) is 0 Å². The molecule has 236 valence electrons. The summed E-state index contributed by atoms with van der Waals surface area (Å²) in [5.41, 5.74) is 0. The Morgan fingerprint density at radius 1 is 0.682 bits per heavy atom. The minimum atomic E-state index is -3.76. The topological polar surface area (TPSA) is 125 Å². The Labute approximate surface area is 256 Å². The Bertz CT molecular complexity index is 1710. The average Bonchev–Trinajstić information content (AvgIpc) is 3.37. The Balaban J connectivity index is 0.000000175. The zero-order valence-electron chi connectivity index (χ0n) is 24.6. The van der Waals surface area contributed by atoms with Crippen LogP contribution < -0.4 is 10.6 Å². The summed E-state index contributed by atoms with van der Waals surface area (Å²) >= 11 is 0. The second kappa shape index (κ2) is 13.5. The van der Waals surface area contributed by atoms with Crippen LogP contribution in [0.25, 0.3) is 21.5 Å². The smallest absolute Gasteiger partial charge is 0.244 e. The second-order valence-corrected chi connectivity index (χ2v) is 14.7. The van der Waals surface area contributed by atoms with E-state index >= 15 is 0 Å². The number of pyridine rings is 2. The van der Waals surface area contributed by atoms with Gasteiger partial charge < -0.3 is 10.6 Å². The monoisotopic (exact) mass is 646 g/mol. The Hall–Kier alpha value is -3.14. The fourth-order valence-electron chi connectivity index (χ4n) is 5.70. The van der Waals surface area contributed by atoms with Gasteiger partial charge in [0.1, 0.15) is 0 Å². The van der Waals surface area contributed by atoms with E-state index in [4.69, 9.17) is 0 Å². The van der Waals surface area contributed by atoms with E-state index in [2.05, 4.69) is 20.6 Å². The predicted octanol–water partition coefficient (Wildman–Crippen LogP) is 3.49. The standard InChI is InChI=1S/2C15H18FN3O2S/c2*1-11-8-17-6-3-7-19(11)22(20,21)14-5-2-4-12-9-18-10-13(16)15(12)14/h2*2,4-5,9-11,17H,3,6-8H2,1H3/t2*11-/m00/s1. The Morgan fingerprint density at radius 2 is 1.09 bits per heavy atom. The number of benzene rings is 2. The van der Waals surface area contributed by atoms with Crippen LogP contribution in [0.1, 0.15) is 26.7 Å². The van der Waals surface area contributed by atoms with Gasteiger partial charge in [0.25, 0.3) is 0 Å². The highest BCUT2D eigenvalue weighted by Gasteiger charge is 2.33. The zero-order chi connectivity index (χ0) is 31.5. The molecule has 2 atom stereocenters. The third kappa shape index (κ3) is 6.46. The highest BCUT2D eigenvalue weighted by molar-refractivity contribution is 7.89. The molecule has 6 rings (SSSR count). The molecule has 0 bridgehead atoms. The summed E-state index contributed by atoms with van der Waals surface area (Å²) in [5.74, 6) is -1.23. The van der Waals surface area contributed by atoms with E-state index in [1.165, 1.54) is 33.1 Å². The van der Waals surface area contributed by atoms with Gasteiger partial charge in [0.15, 0.2) is 11.6 Å². The number of aromatic nitrogens is 2. The van der Waals surface area contributed by atoms with E-state index in [-0.39, 0.29) is 32.6 Å². The van der Waals surface area contributed by atoms with Crippen LogP contribution in [0.4, 0.5) is 8.78 Å². The molecule has 10 nitrogen and oxygen atoms in total. The fourth-order valence-corrected chi connectivity index (χ4v) is 9.49. The maximum absolute atomic E-state index is 14.2. The molecule has 4 heterocycles. The molecule has 2 aliphatic heterocycles. The van der Waals surface area contributed by atoms with Crippen molar-refractivity contribution in [3.05, 3.63) is 72.8 Å². The molecule has 2 saturated heterocycles. The lowest BCUT2D eigenvalue weighted by Crippen LogP contribution is -2.41. The van der Waals surface area contributed by atoms with Gasteiger partial charge in [-0.2, -0.15) is 8.61 Å². The normalized spacial score (nSPS) is 20.9. The number of halogens is 2. The molecule has 0 aliphatic carbocycles. The van der Waals surface area contributed by atoms with Crippen molar-refractivity contribution in [2.75, 3.05) is 39.3 Å². The first-order valence-corrected chi connectivity index (χ1v) is 17.4. The summed E-state index contributed by atoms with van der Waals surface area (Å²) in [4.78, 5) is 7.59. The van der Waals surface area contributed by atoms with Gasteiger partial charge in [-0.1, -0.05) is 24.3 Å². The molecule has 2 N–H and O–H groups in total. The van der Waals surface area contributed by atoms with Crippen LogP contribution in [0.5, 0.6) is 0 Å². The summed E-state index contributed by atoms with van der Waals surface area (Å²) in [6.07, 6.45) is 6.52. The largest absolute Gasteiger partial charge is 0.315 e. The first-order valence-electron chi connectivity index (χ1n) is 14.5. The minimum Gasteiger partial charge on any atom is -0.315 e. The number of hydrogen-bond donors (Lipinski definition) is 2. The van der Waals surface area contributed by atoms with Gasteiger partial charge in [0, 0.05) is 72.2 Å². The van der Waals surface area contributed by atoms with Crippen LogP contribution >= 0.6 is 0 Å². The van der Waals surface area contributed by atoms with Gasteiger partial charge in [-0.05, 0) is 51.9 Å². The number of sulfonamides is 2. The SMILES string of the molecule is C[C@H]1CNCCCN1S(=O)(=O)c1cccc2cncc(F)c12.C[C@H]1CNCCCN1S(=O)(=O)c1cccc2cncc(F)c12. The van der Waals surface area contributed by atoms with Crippen LogP contribution in [0.3, 0.4) is 0 Å². The molecule has 0 radical (unpaired) electrons. The molecule has 14 heteroatoms. The lowest BCUT2D eigenvalue weighted by atomic mass is 10.2. The van der Waals surface area contributed by atoms with Crippen molar-refractivity contribution in [2.45, 2.75) is 48.6 Å². The van der Waals surface area contributed by atoms with E-state index in [1.807, 2.05) is 13.8 Å². The van der Waals surface area contributed by atoms with Crippen molar-refractivity contribution < 1.29 is 25.6 Å². The van der Waals surface area contributed by atoms with Crippen molar-refractivity contribution in [1.82, 2.24) is 29.2 Å². The molecule has 2 aromatic heterocycles. The Kier molecular flexibility index (Phi) is 9.87. The molecule has 2 aromatic carbocycles. The average molecular weight is 647 g/mol. The van der Waals surface area contributed by atoms with Crippen LogP contribution in [-0.4, -0.2) is 86.8 Å². The van der Waals surface area contributed by atoms with Crippen molar-refractivity contribution in [1.29, 1.82) is 0 Å². The van der Waals surface area contributed by atoms with Crippen LogP contribution in [-0.2, 0) is 20.0 Å². The van der Waals surface area contributed by atoms with Crippen LogP contribution in [0.15, 0.2) is 71.0 Å². The number of nitrogens with one attached hydrogen (secondary N) is 2. The van der Waals surface area contributed by atoms with E-state index < -0.39 is 31.7 Å². The second-order valence-electron chi connectivity index (χ2n) is 11.0. The van der Waals surface area contributed by atoms with Gasteiger partial charge in [0.05, 0.1) is 22.2 Å². The molecule has 2 aliphatic rings. The van der Waals surface area contributed by atoms with Crippen molar-refractivity contribution in [3.8, 4) is 0 Å². The van der Waals surface area contributed by atoms with E-state index in [1.54, 1.807) is 24.3 Å². The fraction of sp³-hybridized carbons (Fsp3) is 0.400. The number of nitrogens with zero attached hydrogens (tertiary/aromatic N) is 4. The third-order valence-electron chi connectivity index (χ3n) is 7.90. The summed E-state index contributed by atoms with van der Waals surface area (Å²) in [5, 5.41) is 7.62. The van der Waals surface area contributed by atoms with Gasteiger partial charge in [-0.15, -0.1) is 0 Å². The maximum Gasteiger partial charge on any atom is 0.244 e. The molecule has 0 saturated carbocycles. The third-order valence-corrected chi connectivity index (χ3v) is 12.0. The molecule has 0 spiro atoms. The Morgan fingerprint density at radius 3 is 1.50 bits per heavy atom. The number of hydrogen-bond acceptors (Lipinski definition) is 8. The number of rotatable bonds is 4. The highest BCUT2D eigenvalue weighted by Crippen LogP contribution is 2.30. The van der Waals surface area contributed by atoms with Crippen LogP contribution in [0, 0.1) is 11.6 Å². The zero-order valence-corrected chi connectivity index (χ0v) is 26.2. The summed E-state index contributed by atoms with van der Waals surface area (Å²) in [7, 11) is -7.52. The molecular weight excluding hydrogens is 610 g/mol. The summed E-state index contributed by atoms with van der Waals surface area (Å²) < 4.78 is 83.4. The molecule has 0 unspecified atom stereocenters. The van der Waals surface area contributed by atoms with E-state index in [0.717, 1.165) is 38.3 Å². The van der Waals surface area contributed by atoms with Gasteiger partial charge in [-0.25, -0.2) is 25.6 Å². The van der Waals surface area contributed by atoms with Crippen molar-refractivity contribution in [3.63, 3.8) is 0 Å². The minimum absolute atomic E-state index is 0.0126. The summed E-state index contributed by atoms with van der Waals surface area (Å²) in [6.45, 7) is 7.33. The first-order chi connectivity index (χ1) is 21.0. The quantitative estimate of drug-likeness (QED) is 0.346. The maximum atomic E-state index is 14.2. The first kappa shape index (κ1) is 32.3. The van der Waals surface area contributed by atoms with Gasteiger partial charge >= 0.3 is 0 Å². The highest BCUT2D eigenvalue weighted by atomic mass is 32.2.